The molecule has 0 saturated carbocycles. The van der Waals surface area contributed by atoms with Crippen molar-refractivity contribution in [2.45, 2.75) is 45.6 Å². The molecule has 3 aromatic carbocycles. The van der Waals surface area contributed by atoms with Gasteiger partial charge in [0.15, 0.2) is 0 Å². The zero-order valence-corrected chi connectivity index (χ0v) is 19.3. The predicted molar refractivity (Wildman–Crippen MR) is 132 cm³/mol. The third-order valence-electron chi connectivity index (χ3n) is 5.44. The van der Waals surface area contributed by atoms with Crippen molar-refractivity contribution in [3.63, 3.8) is 0 Å². The smallest absolute Gasteiger partial charge is 0.254 e. The highest BCUT2D eigenvalue weighted by atomic mass is 16.5. The van der Waals surface area contributed by atoms with Crippen molar-refractivity contribution in [2.24, 2.45) is 11.5 Å². The zero-order chi connectivity index (χ0) is 24.0. The number of fused-ring (bicyclic) bond motifs is 1. The van der Waals surface area contributed by atoms with E-state index in [1.165, 1.54) is 0 Å². The third-order valence-corrected chi connectivity index (χ3v) is 5.44. The summed E-state index contributed by atoms with van der Waals surface area (Å²) in [5.41, 5.74) is 13.7. The summed E-state index contributed by atoms with van der Waals surface area (Å²) in [5, 5.41) is 8.02. The van der Waals surface area contributed by atoms with Crippen LogP contribution in [0.3, 0.4) is 0 Å². The average Bonchev–Trinajstić information content (AvgIpc) is 2.81. The van der Waals surface area contributed by atoms with E-state index >= 15 is 0 Å². The van der Waals surface area contributed by atoms with Gasteiger partial charge in [-0.3, -0.25) is 9.59 Å². The lowest BCUT2D eigenvalue weighted by molar-refractivity contribution is -0.117. The van der Waals surface area contributed by atoms with E-state index in [-0.39, 0.29) is 31.2 Å². The lowest BCUT2D eigenvalue weighted by atomic mass is 9.98. The number of hydrogen-bond donors (Lipinski definition) is 4. The fourth-order valence-corrected chi connectivity index (χ4v) is 3.66. The molecule has 0 aliphatic rings. The highest BCUT2D eigenvalue weighted by Gasteiger charge is 2.22. The molecule has 0 heterocycles. The third kappa shape index (κ3) is 5.96. The Balaban J connectivity index is 1.94. The summed E-state index contributed by atoms with van der Waals surface area (Å²) >= 11 is 0. The van der Waals surface area contributed by atoms with E-state index in [2.05, 4.69) is 10.6 Å². The molecule has 0 saturated heterocycles. The van der Waals surface area contributed by atoms with Crippen molar-refractivity contribution in [1.29, 1.82) is 0 Å². The van der Waals surface area contributed by atoms with Gasteiger partial charge in [-0.05, 0) is 48.7 Å². The van der Waals surface area contributed by atoms with Gasteiger partial charge in [0.25, 0.3) is 5.91 Å². The fourth-order valence-electron chi connectivity index (χ4n) is 3.66. The van der Waals surface area contributed by atoms with Crippen molar-refractivity contribution in [3.8, 4) is 0 Å². The number of rotatable bonds is 9. The molecule has 3 rings (SSSR count). The molecular formula is C26H32N4O3. The highest BCUT2D eigenvalue weighted by Crippen LogP contribution is 2.26. The summed E-state index contributed by atoms with van der Waals surface area (Å²) in [6.45, 7) is 6.02. The van der Waals surface area contributed by atoms with Crippen molar-refractivity contribution in [3.05, 3.63) is 77.4 Å². The van der Waals surface area contributed by atoms with Gasteiger partial charge in [-0.15, -0.1) is 0 Å². The quantitative estimate of drug-likeness (QED) is 0.400. The van der Waals surface area contributed by atoms with Crippen LogP contribution in [0.2, 0.25) is 0 Å². The van der Waals surface area contributed by atoms with Gasteiger partial charge in [0.1, 0.15) is 0 Å². The predicted octanol–water partition coefficient (Wildman–Crippen LogP) is 3.48. The van der Waals surface area contributed by atoms with Gasteiger partial charge in [0.05, 0.1) is 36.0 Å². The number of amides is 2. The lowest BCUT2D eigenvalue weighted by Crippen LogP contribution is -2.42. The molecule has 0 fully saturated rings. The van der Waals surface area contributed by atoms with Gasteiger partial charge in [-0.1, -0.05) is 54.6 Å². The summed E-state index contributed by atoms with van der Waals surface area (Å²) in [7, 11) is 0. The molecule has 0 aliphatic heterocycles. The maximum Gasteiger partial charge on any atom is 0.254 e. The second-order valence-electron chi connectivity index (χ2n) is 8.29. The second kappa shape index (κ2) is 11.0. The van der Waals surface area contributed by atoms with Gasteiger partial charge in [-0.25, -0.2) is 0 Å². The first kappa shape index (κ1) is 24.4. The van der Waals surface area contributed by atoms with Gasteiger partial charge >= 0.3 is 0 Å². The Kier molecular flexibility index (Phi) is 8.16. The molecular weight excluding hydrogens is 416 g/mol. The van der Waals surface area contributed by atoms with Gasteiger partial charge < -0.3 is 26.8 Å². The number of anilines is 1. The molecule has 174 valence electrons. The number of hydrogen-bond acceptors (Lipinski definition) is 5. The standard InChI is InChI=1S/C26H32N4O3/c1-16(2)33-15-19-10-7-13-23(30-25(31)22(28)14-27)24(19)26(32)29-17(3)20-12-6-9-18-8-4-5-11-21(18)20/h4-13,16-17,22H,14-15,27-28H2,1-3H3,(H,29,32)(H,30,31)/t17-,22+/m1/s1. The first-order valence-corrected chi connectivity index (χ1v) is 11.1. The molecule has 7 nitrogen and oxygen atoms in total. The van der Waals surface area contributed by atoms with E-state index in [0.717, 1.165) is 16.3 Å². The van der Waals surface area contributed by atoms with Crippen LogP contribution in [0.5, 0.6) is 0 Å². The van der Waals surface area contributed by atoms with Crippen LogP contribution < -0.4 is 22.1 Å². The molecule has 6 N–H and O–H groups in total. The normalized spacial score (nSPS) is 13.0. The van der Waals surface area contributed by atoms with Crippen molar-refractivity contribution in [1.82, 2.24) is 5.32 Å². The van der Waals surface area contributed by atoms with Crippen LogP contribution >= 0.6 is 0 Å². The van der Waals surface area contributed by atoms with E-state index < -0.39 is 11.9 Å². The number of benzene rings is 3. The molecule has 0 aromatic heterocycles. The molecule has 2 amide bonds. The van der Waals surface area contributed by atoms with Crippen molar-refractivity contribution >= 4 is 28.3 Å². The van der Waals surface area contributed by atoms with Crippen LogP contribution in [0.4, 0.5) is 5.69 Å². The Labute approximate surface area is 194 Å². The average molecular weight is 449 g/mol. The molecule has 0 unspecified atom stereocenters. The van der Waals surface area contributed by atoms with E-state index in [0.29, 0.717) is 16.8 Å². The molecule has 7 heteroatoms. The van der Waals surface area contributed by atoms with Gasteiger partial charge in [0.2, 0.25) is 5.91 Å². The van der Waals surface area contributed by atoms with Crippen LogP contribution in [0, 0.1) is 0 Å². The Hall–Kier alpha value is -3.26. The zero-order valence-electron chi connectivity index (χ0n) is 19.3. The summed E-state index contributed by atoms with van der Waals surface area (Å²) in [5.74, 6) is -0.759. The fraction of sp³-hybridized carbons (Fsp3) is 0.308. The Bertz CT molecular complexity index is 1120. The Morgan fingerprint density at radius 1 is 0.970 bits per heavy atom. The lowest BCUT2D eigenvalue weighted by Gasteiger charge is -2.21. The highest BCUT2D eigenvalue weighted by molar-refractivity contribution is 6.06. The van der Waals surface area contributed by atoms with Crippen molar-refractivity contribution in [2.75, 3.05) is 11.9 Å². The van der Waals surface area contributed by atoms with E-state index in [4.69, 9.17) is 16.2 Å². The molecule has 0 aliphatic carbocycles. The maximum atomic E-state index is 13.5. The minimum absolute atomic E-state index is 0.00162. The number of carbonyl (C=O) groups excluding carboxylic acids is 2. The number of ether oxygens (including phenoxy) is 1. The number of nitrogens with one attached hydrogen (secondary N) is 2. The van der Waals surface area contributed by atoms with Gasteiger partial charge in [-0.2, -0.15) is 0 Å². The van der Waals surface area contributed by atoms with E-state index in [9.17, 15) is 9.59 Å². The Morgan fingerprint density at radius 2 is 1.67 bits per heavy atom. The van der Waals surface area contributed by atoms with E-state index in [1.807, 2.05) is 69.3 Å². The topological polar surface area (TPSA) is 119 Å². The van der Waals surface area contributed by atoms with Crippen LogP contribution in [0.25, 0.3) is 10.8 Å². The molecule has 33 heavy (non-hydrogen) atoms. The minimum atomic E-state index is -0.869. The molecule has 2 atom stereocenters. The number of nitrogens with two attached hydrogens (primary N) is 2. The van der Waals surface area contributed by atoms with Crippen LogP contribution in [-0.4, -0.2) is 30.5 Å². The summed E-state index contributed by atoms with van der Waals surface area (Å²) in [6.07, 6.45) is -0.0144. The molecule has 0 spiro atoms. The summed E-state index contributed by atoms with van der Waals surface area (Å²) < 4.78 is 5.76. The molecule has 0 bridgehead atoms. The molecule has 0 radical (unpaired) electrons. The van der Waals surface area contributed by atoms with Crippen LogP contribution in [-0.2, 0) is 16.1 Å². The first-order valence-electron chi connectivity index (χ1n) is 11.1. The Morgan fingerprint density at radius 3 is 2.39 bits per heavy atom. The number of carbonyl (C=O) groups is 2. The van der Waals surface area contributed by atoms with E-state index in [1.54, 1.807) is 12.1 Å². The maximum absolute atomic E-state index is 13.5. The summed E-state index contributed by atoms with van der Waals surface area (Å²) in [4.78, 5) is 25.9. The van der Waals surface area contributed by atoms with Crippen LogP contribution in [0.15, 0.2) is 60.7 Å². The molecule has 3 aromatic rings. The monoisotopic (exact) mass is 448 g/mol. The minimum Gasteiger partial charge on any atom is -0.374 e. The second-order valence-corrected chi connectivity index (χ2v) is 8.29. The SMILES string of the molecule is CC(C)OCc1cccc(NC(=O)[C@@H](N)CN)c1C(=O)N[C@H](C)c1cccc2ccccc12. The van der Waals surface area contributed by atoms with Crippen molar-refractivity contribution < 1.29 is 14.3 Å². The summed E-state index contributed by atoms with van der Waals surface area (Å²) in [6, 6.07) is 18.2. The van der Waals surface area contributed by atoms with Crippen LogP contribution in [0.1, 0.15) is 48.3 Å². The largest absolute Gasteiger partial charge is 0.374 e. The van der Waals surface area contributed by atoms with Gasteiger partial charge in [0, 0.05) is 6.54 Å². The first-order chi connectivity index (χ1) is 15.8.